The average Bonchev–Trinajstić information content (AvgIpc) is 2.62. The normalized spacial score (nSPS) is 13.2. The first-order valence-electron chi connectivity index (χ1n) is 7.96. The number of hydrogen-bond donors (Lipinski definition) is 1. The van der Waals surface area contributed by atoms with E-state index in [9.17, 15) is 9.59 Å². The summed E-state index contributed by atoms with van der Waals surface area (Å²) in [5, 5.41) is 0.491. The maximum Gasteiger partial charge on any atom is 0.347 e. The Bertz CT molecular complexity index is 937. The van der Waals surface area contributed by atoms with Crippen LogP contribution in [0.5, 0.6) is 5.75 Å². The number of ether oxygens (including phenoxy) is 2. The molecule has 1 N–H and O–H groups in total. The second kappa shape index (κ2) is 7.17. The van der Waals surface area contributed by atoms with E-state index >= 15 is 0 Å². The van der Waals surface area contributed by atoms with Crippen molar-refractivity contribution in [1.82, 2.24) is 9.97 Å². The summed E-state index contributed by atoms with van der Waals surface area (Å²) >= 11 is 0. The molecule has 3 rings (SSSR count). The van der Waals surface area contributed by atoms with Gasteiger partial charge in [-0.25, -0.2) is 9.78 Å². The SMILES string of the molecule is C[C@H](Oc1ccccc1)C(=O)O[C@@H](C)c1nc2ccccc2c(=O)[nH]1. The Labute approximate surface area is 144 Å². The first kappa shape index (κ1) is 16.7. The van der Waals surface area contributed by atoms with Crippen LogP contribution in [0.2, 0.25) is 0 Å². The number of aromatic amines is 1. The molecule has 0 aliphatic carbocycles. The van der Waals surface area contributed by atoms with E-state index in [0.717, 1.165) is 0 Å². The van der Waals surface area contributed by atoms with E-state index < -0.39 is 18.2 Å². The fourth-order valence-corrected chi connectivity index (χ4v) is 2.37. The van der Waals surface area contributed by atoms with Crippen LogP contribution in [-0.2, 0) is 9.53 Å². The fourth-order valence-electron chi connectivity index (χ4n) is 2.37. The lowest BCUT2D eigenvalue weighted by atomic mass is 10.2. The third-order valence-electron chi connectivity index (χ3n) is 3.70. The molecule has 0 aliphatic rings. The fraction of sp³-hybridized carbons (Fsp3) is 0.211. The first-order valence-corrected chi connectivity index (χ1v) is 7.96. The Hall–Kier alpha value is -3.15. The summed E-state index contributed by atoms with van der Waals surface area (Å²) < 4.78 is 10.9. The molecule has 2 atom stereocenters. The number of H-pyrrole nitrogens is 1. The molecule has 3 aromatic rings. The van der Waals surface area contributed by atoms with E-state index in [-0.39, 0.29) is 5.56 Å². The first-order chi connectivity index (χ1) is 12.0. The molecule has 6 heteroatoms. The van der Waals surface area contributed by atoms with E-state index in [2.05, 4.69) is 9.97 Å². The molecule has 0 saturated carbocycles. The number of para-hydroxylation sites is 2. The number of esters is 1. The van der Waals surface area contributed by atoms with Crippen molar-refractivity contribution in [3.05, 3.63) is 70.8 Å². The summed E-state index contributed by atoms with van der Waals surface area (Å²) in [5.41, 5.74) is 0.287. The molecule has 6 nitrogen and oxygen atoms in total. The summed E-state index contributed by atoms with van der Waals surface area (Å²) in [6, 6.07) is 16.0. The number of rotatable bonds is 5. The van der Waals surface area contributed by atoms with Crippen LogP contribution < -0.4 is 10.3 Å². The van der Waals surface area contributed by atoms with E-state index in [0.29, 0.717) is 22.5 Å². The zero-order chi connectivity index (χ0) is 17.8. The van der Waals surface area contributed by atoms with Gasteiger partial charge in [-0.15, -0.1) is 0 Å². The molecule has 1 heterocycles. The van der Waals surface area contributed by atoms with Gasteiger partial charge in [0.2, 0.25) is 0 Å². The predicted octanol–water partition coefficient (Wildman–Crippen LogP) is 2.99. The van der Waals surface area contributed by atoms with Gasteiger partial charge >= 0.3 is 5.97 Å². The molecule has 128 valence electrons. The van der Waals surface area contributed by atoms with Gasteiger partial charge in [0.05, 0.1) is 10.9 Å². The number of nitrogens with one attached hydrogen (secondary N) is 1. The minimum absolute atomic E-state index is 0.267. The molecule has 0 aliphatic heterocycles. The summed E-state index contributed by atoms with van der Waals surface area (Å²) in [4.78, 5) is 31.3. The number of fused-ring (bicyclic) bond motifs is 1. The quantitative estimate of drug-likeness (QED) is 0.723. The van der Waals surface area contributed by atoms with Crippen molar-refractivity contribution in [2.24, 2.45) is 0 Å². The number of hydrogen-bond acceptors (Lipinski definition) is 5. The van der Waals surface area contributed by atoms with Gasteiger partial charge in [-0.1, -0.05) is 30.3 Å². The lowest BCUT2D eigenvalue weighted by molar-refractivity contribution is -0.156. The Kier molecular flexibility index (Phi) is 4.79. The van der Waals surface area contributed by atoms with Crippen LogP contribution >= 0.6 is 0 Å². The van der Waals surface area contributed by atoms with E-state index in [1.54, 1.807) is 50.2 Å². The van der Waals surface area contributed by atoms with Crippen molar-refractivity contribution in [2.45, 2.75) is 26.1 Å². The van der Waals surface area contributed by atoms with Gasteiger partial charge in [-0.05, 0) is 38.1 Å². The molecule has 25 heavy (non-hydrogen) atoms. The number of nitrogens with zero attached hydrogens (tertiary/aromatic N) is 1. The number of carbonyl (C=O) groups is 1. The van der Waals surface area contributed by atoms with Gasteiger partial charge in [-0.2, -0.15) is 0 Å². The Morgan fingerprint density at radius 2 is 1.72 bits per heavy atom. The monoisotopic (exact) mass is 338 g/mol. The average molecular weight is 338 g/mol. The number of aromatic nitrogens is 2. The van der Waals surface area contributed by atoms with Gasteiger partial charge < -0.3 is 14.5 Å². The summed E-state index contributed by atoms with van der Waals surface area (Å²) in [7, 11) is 0. The van der Waals surface area contributed by atoms with E-state index in [4.69, 9.17) is 9.47 Å². The van der Waals surface area contributed by atoms with E-state index in [1.165, 1.54) is 0 Å². The van der Waals surface area contributed by atoms with Gasteiger partial charge in [0.1, 0.15) is 5.75 Å². The minimum Gasteiger partial charge on any atom is -0.479 e. The molecule has 2 aromatic carbocycles. The number of benzene rings is 2. The zero-order valence-electron chi connectivity index (χ0n) is 13.9. The zero-order valence-corrected chi connectivity index (χ0v) is 13.9. The lowest BCUT2D eigenvalue weighted by Crippen LogP contribution is -2.28. The standard InChI is InChI=1S/C19H18N2O4/c1-12(17-20-16-11-7-6-10-15(16)18(22)21-17)25-19(23)13(2)24-14-8-4-3-5-9-14/h3-13H,1-2H3,(H,20,21,22)/t12-,13-/m0/s1. The highest BCUT2D eigenvalue weighted by atomic mass is 16.6. The van der Waals surface area contributed by atoms with Crippen LogP contribution in [0.4, 0.5) is 0 Å². The summed E-state index contributed by atoms with van der Waals surface area (Å²) in [6.07, 6.45) is -1.48. The molecule has 0 radical (unpaired) electrons. The Morgan fingerprint density at radius 3 is 2.48 bits per heavy atom. The highest BCUT2D eigenvalue weighted by Crippen LogP contribution is 2.17. The van der Waals surface area contributed by atoms with E-state index in [1.807, 2.05) is 18.2 Å². The molecule has 0 bridgehead atoms. The topological polar surface area (TPSA) is 81.3 Å². The van der Waals surface area contributed by atoms with Crippen molar-refractivity contribution in [3.8, 4) is 5.75 Å². The second-order valence-corrected chi connectivity index (χ2v) is 5.62. The predicted molar refractivity (Wildman–Crippen MR) is 93.4 cm³/mol. The van der Waals surface area contributed by atoms with Gasteiger partial charge in [0, 0.05) is 0 Å². The third-order valence-corrected chi connectivity index (χ3v) is 3.70. The van der Waals surface area contributed by atoms with Crippen molar-refractivity contribution in [1.29, 1.82) is 0 Å². The van der Waals surface area contributed by atoms with Crippen LogP contribution in [0.15, 0.2) is 59.4 Å². The maximum atomic E-state index is 12.2. The molecule has 0 unspecified atom stereocenters. The summed E-state index contributed by atoms with van der Waals surface area (Å²) in [6.45, 7) is 3.26. The highest BCUT2D eigenvalue weighted by molar-refractivity contribution is 5.77. The molecular weight excluding hydrogens is 320 g/mol. The van der Waals surface area contributed by atoms with Crippen LogP contribution in [0.3, 0.4) is 0 Å². The van der Waals surface area contributed by atoms with Gasteiger partial charge in [0.15, 0.2) is 18.0 Å². The largest absolute Gasteiger partial charge is 0.479 e. The van der Waals surface area contributed by atoms with Crippen molar-refractivity contribution >= 4 is 16.9 Å². The van der Waals surface area contributed by atoms with Gasteiger partial charge in [0.25, 0.3) is 5.56 Å². The molecule has 0 saturated heterocycles. The van der Waals surface area contributed by atoms with Crippen molar-refractivity contribution < 1.29 is 14.3 Å². The molecule has 1 aromatic heterocycles. The number of carbonyl (C=O) groups excluding carboxylic acids is 1. The van der Waals surface area contributed by atoms with Crippen molar-refractivity contribution in [3.63, 3.8) is 0 Å². The van der Waals surface area contributed by atoms with Crippen LogP contribution in [0.1, 0.15) is 25.8 Å². The Morgan fingerprint density at radius 1 is 1.04 bits per heavy atom. The van der Waals surface area contributed by atoms with Crippen LogP contribution in [0, 0.1) is 0 Å². The second-order valence-electron chi connectivity index (χ2n) is 5.62. The smallest absolute Gasteiger partial charge is 0.347 e. The van der Waals surface area contributed by atoms with Gasteiger partial charge in [-0.3, -0.25) is 4.79 Å². The Balaban J connectivity index is 1.72. The maximum absolute atomic E-state index is 12.2. The molecule has 0 amide bonds. The summed E-state index contributed by atoms with van der Waals surface area (Å²) in [5.74, 6) is 0.341. The lowest BCUT2D eigenvalue weighted by Gasteiger charge is -2.17. The molecule has 0 fully saturated rings. The third kappa shape index (κ3) is 3.85. The molecule has 0 spiro atoms. The molecular formula is C19H18N2O4. The van der Waals surface area contributed by atoms with Crippen molar-refractivity contribution in [2.75, 3.05) is 0 Å². The highest BCUT2D eigenvalue weighted by Gasteiger charge is 2.21. The van der Waals surface area contributed by atoms with Crippen LogP contribution in [-0.4, -0.2) is 22.0 Å². The van der Waals surface area contributed by atoms with Crippen LogP contribution in [0.25, 0.3) is 10.9 Å². The minimum atomic E-state index is -0.781.